The summed E-state index contributed by atoms with van der Waals surface area (Å²) in [6.45, 7) is 1.05. The number of carbonyl (C=O) groups excluding carboxylic acids is 1. The molecule has 0 unspecified atom stereocenters. The fraction of sp³-hybridized carbons (Fsp3) is 0.857. The van der Waals surface area contributed by atoms with Gasteiger partial charge in [0.25, 0.3) is 0 Å². The maximum absolute atomic E-state index is 10.9. The lowest BCUT2D eigenvalue weighted by Gasteiger charge is -2.04. The SMILES string of the molecule is CS(=O)(=O)CC(=O)NCCOCCCl. The fourth-order valence-electron chi connectivity index (χ4n) is 0.708. The largest absolute Gasteiger partial charge is 0.378 e. The van der Waals surface area contributed by atoms with Crippen LogP contribution >= 0.6 is 11.6 Å². The first-order valence-electron chi connectivity index (χ1n) is 4.04. The molecule has 1 amide bonds. The van der Waals surface area contributed by atoms with Crippen LogP contribution in [0, 0.1) is 0 Å². The summed E-state index contributed by atoms with van der Waals surface area (Å²) in [5.74, 6) is -0.596. The van der Waals surface area contributed by atoms with Crippen molar-refractivity contribution in [3.8, 4) is 0 Å². The van der Waals surface area contributed by atoms with Crippen molar-refractivity contribution in [2.45, 2.75) is 0 Å². The van der Waals surface area contributed by atoms with Gasteiger partial charge < -0.3 is 10.1 Å². The maximum Gasteiger partial charge on any atom is 0.235 e. The molecule has 84 valence electrons. The van der Waals surface area contributed by atoms with E-state index in [1.807, 2.05) is 0 Å². The van der Waals surface area contributed by atoms with Crippen molar-refractivity contribution in [1.82, 2.24) is 5.32 Å². The molecule has 0 fully saturated rings. The van der Waals surface area contributed by atoms with Crippen LogP contribution in [0.3, 0.4) is 0 Å². The second-order valence-electron chi connectivity index (χ2n) is 2.72. The van der Waals surface area contributed by atoms with Crippen molar-refractivity contribution < 1.29 is 17.9 Å². The number of nitrogens with one attached hydrogen (secondary N) is 1. The summed E-state index contributed by atoms with van der Waals surface area (Å²) in [4.78, 5) is 10.9. The number of ether oxygens (including phenoxy) is 1. The first kappa shape index (κ1) is 13.7. The van der Waals surface area contributed by atoms with E-state index in [4.69, 9.17) is 16.3 Å². The van der Waals surface area contributed by atoms with E-state index in [-0.39, 0.29) is 0 Å². The molecule has 0 radical (unpaired) electrons. The smallest absolute Gasteiger partial charge is 0.235 e. The molecule has 0 aromatic heterocycles. The number of rotatable bonds is 7. The van der Waals surface area contributed by atoms with E-state index < -0.39 is 21.5 Å². The van der Waals surface area contributed by atoms with Crippen LogP contribution in [0.2, 0.25) is 0 Å². The first-order chi connectivity index (χ1) is 6.45. The molecule has 0 spiro atoms. The number of alkyl halides is 1. The van der Waals surface area contributed by atoms with Crippen molar-refractivity contribution in [1.29, 1.82) is 0 Å². The summed E-state index contributed by atoms with van der Waals surface area (Å²) in [5.41, 5.74) is 0. The standard InChI is InChI=1S/C7H14ClNO4S/c1-14(11,12)6-7(10)9-3-5-13-4-2-8/h2-6H2,1H3,(H,9,10). The Morgan fingerprint density at radius 3 is 2.57 bits per heavy atom. The summed E-state index contributed by atoms with van der Waals surface area (Å²) in [5, 5.41) is 2.41. The van der Waals surface area contributed by atoms with Crippen LogP contribution < -0.4 is 5.32 Å². The normalized spacial score (nSPS) is 11.3. The van der Waals surface area contributed by atoms with Gasteiger partial charge in [-0.25, -0.2) is 8.42 Å². The summed E-state index contributed by atoms with van der Waals surface area (Å²) in [7, 11) is -3.24. The van der Waals surface area contributed by atoms with Crippen molar-refractivity contribution >= 4 is 27.3 Å². The predicted octanol–water partition coefficient (Wildman–Crippen LogP) is -0.597. The number of carbonyl (C=O) groups is 1. The van der Waals surface area contributed by atoms with E-state index in [2.05, 4.69) is 5.32 Å². The van der Waals surface area contributed by atoms with E-state index >= 15 is 0 Å². The first-order valence-corrected chi connectivity index (χ1v) is 6.63. The summed E-state index contributed by atoms with van der Waals surface area (Å²) < 4.78 is 26.3. The molecular formula is C7H14ClNO4S. The van der Waals surface area contributed by atoms with Crippen molar-refractivity contribution in [3.05, 3.63) is 0 Å². The van der Waals surface area contributed by atoms with E-state index in [1.54, 1.807) is 0 Å². The minimum atomic E-state index is -3.24. The third-order valence-electron chi connectivity index (χ3n) is 1.18. The van der Waals surface area contributed by atoms with Crippen molar-refractivity contribution in [2.75, 3.05) is 37.6 Å². The van der Waals surface area contributed by atoms with Gasteiger partial charge >= 0.3 is 0 Å². The highest BCUT2D eigenvalue weighted by molar-refractivity contribution is 7.91. The van der Waals surface area contributed by atoms with Gasteiger partial charge in [0, 0.05) is 18.7 Å². The van der Waals surface area contributed by atoms with E-state index in [9.17, 15) is 13.2 Å². The number of halogens is 1. The number of amides is 1. The van der Waals surface area contributed by atoms with E-state index in [0.717, 1.165) is 6.26 Å². The van der Waals surface area contributed by atoms with Crippen molar-refractivity contribution in [2.24, 2.45) is 0 Å². The summed E-state index contributed by atoms with van der Waals surface area (Å²) in [6.07, 6.45) is 1.01. The lowest BCUT2D eigenvalue weighted by Crippen LogP contribution is -2.32. The van der Waals surface area contributed by atoms with E-state index in [1.165, 1.54) is 0 Å². The number of sulfone groups is 1. The Morgan fingerprint density at radius 1 is 1.43 bits per heavy atom. The molecule has 0 aliphatic rings. The second kappa shape index (κ2) is 7.03. The monoisotopic (exact) mass is 243 g/mol. The Kier molecular flexibility index (Phi) is 6.86. The van der Waals surface area contributed by atoms with Crippen LogP contribution in [0.4, 0.5) is 0 Å². The Morgan fingerprint density at radius 2 is 2.07 bits per heavy atom. The molecule has 0 aliphatic heterocycles. The van der Waals surface area contributed by atoms with Gasteiger partial charge in [-0.1, -0.05) is 0 Å². The van der Waals surface area contributed by atoms with Gasteiger partial charge in [-0.15, -0.1) is 11.6 Å². The molecule has 0 heterocycles. The van der Waals surface area contributed by atoms with Gasteiger partial charge in [0.1, 0.15) is 5.75 Å². The highest BCUT2D eigenvalue weighted by atomic mass is 35.5. The average molecular weight is 244 g/mol. The molecule has 0 bridgehead atoms. The molecule has 5 nitrogen and oxygen atoms in total. The maximum atomic E-state index is 10.9. The Balaban J connectivity index is 3.46. The van der Waals surface area contributed by atoms with Crippen LogP contribution in [0.1, 0.15) is 0 Å². The molecule has 0 aromatic carbocycles. The van der Waals surface area contributed by atoms with Crippen LogP contribution in [0.25, 0.3) is 0 Å². The Hall–Kier alpha value is -0.330. The fourth-order valence-corrected chi connectivity index (χ4v) is 1.40. The zero-order valence-electron chi connectivity index (χ0n) is 7.95. The van der Waals surface area contributed by atoms with Gasteiger partial charge in [0.15, 0.2) is 9.84 Å². The minimum absolute atomic E-state index is 0.297. The topological polar surface area (TPSA) is 72.5 Å². The van der Waals surface area contributed by atoms with Gasteiger partial charge in [0.2, 0.25) is 5.91 Å². The third-order valence-corrected chi connectivity index (χ3v) is 2.12. The molecule has 14 heavy (non-hydrogen) atoms. The van der Waals surface area contributed by atoms with E-state index in [0.29, 0.717) is 25.6 Å². The van der Waals surface area contributed by atoms with Crippen LogP contribution in [-0.4, -0.2) is 52.0 Å². The number of hydrogen-bond acceptors (Lipinski definition) is 4. The molecule has 0 rings (SSSR count). The van der Waals surface area contributed by atoms with Gasteiger partial charge in [-0.2, -0.15) is 0 Å². The molecular weight excluding hydrogens is 230 g/mol. The van der Waals surface area contributed by atoms with Gasteiger partial charge in [-0.3, -0.25) is 4.79 Å². The minimum Gasteiger partial charge on any atom is -0.378 e. The highest BCUT2D eigenvalue weighted by Gasteiger charge is 2.09. The van der Waals surface area contributed by atoms with Gasteiger partial charge in [0.05, 0.1) is 13.2 Å². The third kappa shape index (κ3) is 9.76. The zero-order valence-corrected chi connectivity index (χ0v) is 9.53. The Labute approximate surface area is 88.7 Å². The molecule has 0 saturated heterocycles. The molecule has 0 saturated carbocycles. The van der Waals surface area contributed by atoms with Crippen LogP contribution in [0.5, 0.6) is 0 Å². The van der Waals surface area contributed by atoms with Crippen LogP contribution in [-0.2, 0) is 19.4 Å². The lowest BCUT2D eigenvalue weighted by molar-refractivity contribution is -0.118. The predicted molar refractivity (Wildman–Crippen MR) is 54.3 cm³/mol. The van der Waals surface area contributed by atoms with Gasteiger partial charge in [-0.05, 0) is 0 Å². The lowest BCUT2D eigenvalue weighted by atomic mass is 10.6. The number of hydrogen-bond donors (Lipinski definition) is 1. The summed E-state index contributed by atoms with van der Waals surface area (Å²) >= 11 is 5.34. The van der Waals surface area contributed by atoms with Crippen molar-refractivity contribution in [3.63, 3.8) is 0 Å². The molecule has 1 N–H and O–H groups in total. The molecule has 7 heteroatoms. The highest BCUT2D eigenvalue weighted by Crippen LogP contribution is 1.82. The van der Waals surface area contributed by atoms with Crippen LogP contribution in [0.15, 0.2) is 0 Å². The average Bonchev–Trinajstić information content (AvgIpc) is 2.00. The molecule has 0 atom stereocenters. The quantitative estimate of drug-likeness (QED) is 0.479. The second-order valence-corrected chi connectivity index (χ2v) is 5.24. The molecule has 0 aliphatic carbocycles. The summed E-state index contributed by atoms with van der Waals surface area (Å²) in [6, 6.07) is 0. The zero-order chi connectivity index (χ0) is 11.0. The Bertz CT molecular complexity index is 265. The molecule has 0 aromatic rings.